The molecule has 1 heterocycles. The maximum Gasteiger partial charge on any atom is 0.225 e. The lowest BCUT2D eigenvalue weighted by atomic mass is 10.1. The smallest absolute Gasteiger partial charge is 0.225 e. The average Bonchev–Trinajstić information content (AvgIpc) is 2.28. The maximum atomic E-state index is 11.5. The molecular weight excluding hydrogens is 315 g/mol. The summed E-state index contributed by atoms with van der Waals surface area (Å²) >= 11 is 2.19. The molecule has 3 nitrogen and oxygen atoms in total. The number of nitrogens with one attached hydrogen (secondary N) is 1. The standard InChI is InChI=1S/C12H17IN2O/c1-2-3-4-5-6-12(16)15-11-8-7-10(13)9-14-11/h7-9H,2-6H2,1H3,(H,14,15,16). The van der Waals surface area contributed by atoms with Crippen molar-refractivity contribution in [2.45, 2.75) is 39.0 Å². The van der Waals surface area contributed by atoms with E-state index in [1.54, 1.807) is 6.20 Å². The molecule has 0 fully saturated rings. The zero-order valence-corrected chi connectivity index (χ0v) is 11.7. The van der Waals surface area contributed by atoms with Gasteiger partial charge in [-0.2, -0.15) is 0 Å². The molecule has 0 atom stereocenters. The molecule has 0 bridgehead atoms. The van der Waals surface area contributed by atoms with Crippen LogP contribution < -0.4 is 5.32 Å². The predicted molar refractivity (Wildman–Crippen MR) is 74.3 cm³/mol. The van der Waals surface area contributed by atoms with Crippen molar-refractivity contribution in [1.82, 2.24) is 4.98 Å². The highest BCUT2D eigenvalue weighted by molar-refractivity contribution is 14.1. The fourth-order valence-corrected chi connectivity index (χ4v) is 1.69. The van der Waals surface area contributed by atoms with Crippen molar-refractivity contribution < 1.29 is 4.79 Å². The Morgan fingerprint density at radius 3 is 2.81 bits per heavy atom. The second kappa shape index (κ2) is 7.60. The van der Waals surface area contributed by atoms with Crippen LogP contribution in [0.15, 0.2) is 18.3 Å². The van der Waals surface area contributed by atoms with Gasteiger partial charge in [-0.15, -0.1) is 0 Å². The van der Waals surface area contributed by atoms with Crippen molar-refractivity contribution in [3.8, 4) is 0 Å². The van der Waals surface area contributed by atoms with Gasteiger partial charge in [0.25, 0.3) is 0 Å². The summed E-state index contributed by atoms with van der Waals surface area (Å²) in [6.45, 7) is 2.16. The van der Waals surface area contributed by atoms with Crippen LogP contribution in [-0.4, -0.2) is 10.9 Å². The lowest BCUT2D eigenvalue weighted by molar-refractivity contribution is -0.116. The summed E-state index contributed by atoms with van der Waals surface area (Å²) in [5, 5.41) is 2.79. The predicted octanol–water partition coefficient (Wildman–Crippen LogP) is 3.60. The zero-order chi connectivity index (χ0) is 11.8. The summed E-state index contributed by atoms with van der Waals surface area (Å²) in [6.07, 6.45) is 6.82. The second-order valence-corrected chi connectivity index (χ2v) is 4.97. The molecule has 1 N–H and O–H groups in total. The Morgan fingerprint density at radius 2 is 2.19 bits per heavy atom. The molecule has 1 aromatic rings. The van der Waals surface area contributed by atoms with Gasteiger partial charge in [-0.25, -0.2) is 4.98 Å². The van der Waals surface area contributed by atoms with Gasteiger partial charge < -0.3 is 5.32 Å². The van der Waals surface area contributed by atoms with Gasteiger partial charge in [-0.3, -0.25) is 4.79 Å². The fourth-order valence-electron chi connectivity index (χ4n) is 1.37. The Bertz CT molecular complexity index is 324. The number of amides is 1. The monoisotopic (exact) mass is 332 g/mol. The highest BCUT2D eigenvalue weighted by atomic mass is 127. The Morgan fingerprint density at radius 1 is 1.38 bits per heavy atom. The number of aromatic nitrogens is 1. The van der Waals surface area contributed by atoms with Crippen LogP contribution >= 0.6 is 22.6 Å². The van der Waals surface area contributed by atoms with Gasteiger partial charge in [0.1, 0.15) is 5.82 Å². The van der Waals surface area contributed by atoms with Gasteiger partial charge in [0.2, 0.25) is 5.91 Å². The summed E-state index contributed by atoms with van der Waals surface area (Å²) in [6, 6.07) is 3.76. The molecule has 0 unspecified atom stereocenters. The van der Waals surface area contributed by atoms with Crippen molar-refractivity contribution in [2.75, 3.05) is 5.32 Å². The molecule has 16 heavy (non-hydrogen) atoms. The van der Waals surface area contributed by atoms with Crippen molar-refractivity contribution >= 4 is 34.3 Å². The number of halogens is 1. The van der Waals surface area contributed by atoms with Gasteiger partial charge in [0.05, 0.1) is 0 Å². The van der Waals surface area contributed by atoms with Crippen LogP contribution in [0.4, 0.5) is 5.82 Å². The number of unbranched alkanes of at least 4 members (excludes halogenated alkanes) is 3. The first kappa shape index (κ1) is 13.4. The van der Waals surface area contributed by atoms with E-state index in [2.05, 4.69) is 39.8 Å². The Labute approximate surface area is 110 Å². The minimum atomic E-state index is 0.0600. The molecule has 0 aliphatic carbocycles. The summed E-state index contributed by atoms with van der Waals surface area (Å²) < 4.78 is 1.07. The number of carbonyl (C=O) groups excluding carboxylic acids is 1. The van der Waals surface area contributed by atoms with Crippen molar-refractivity contribution in [1.29, 1.82) is 0 Å². The van der Waals surface area contributed by atoms with Crippen LogP contribution in [0.3, 0.4) is 0 Å². The van der Waals surface area contributed by atoms with E-state index in [1.165, 1.54) is 12.8 Å². The normalized spacial score (nSPS) is 10.1. The number of nitrogens with zero attached hydrogens (tertiary/aromatic N) is 1. The number of rotatable bonds is 6. The molecule has 0 aliphatic rings. The van der Waals surface area contributed by atoms with Crippen LogP contribution in [0.25, 0.3) is 0 Å². The number of carbonyl (C=O) groups is 1. The van der Waals surface area contributed by atoms with E-state index < -0.39 is 0 Å². The molecule has 0 aliphatic heterocycles. The maximum absolute atomic E-state index is 11.5. The van der Waals surface area contributed by atoms with Crippen LogP contribution in [0, 0.1) is 3.57 Å². The van der Waals surface area contributed by atoms with Crippen molar-refractivity contribution in [3.05, 3.63) is 21.9 Å². The zero-order valence-electron chi connectivity index (χ0n) is 9.50. The molecule has 1 rings (SSSR count). The third-order valence-electron chi connectivity index (χ3n) is 2.25. The van der Waals surface area contributed by atoms with Crippen molar-refractivity contribution in [2.24, 2.45) is 0 Å². The molecule has 1 aromatic heterocycles. The molecule has 0 spiro atoms. The summed E-state index contributed by atoms with van der Waals surface area (Å²) in [5.41, 5.74) is 0. The highest BCUT2D eigenvalue weighted by Crippen LogP contribution is 2.08. The van der Waals surface area contributed by atoms with E-state index in [-0.39, 0.29) is 5.91 Å². The number of hydrogen-bond donors (Lipinski definition) is 1. The summed E-state index contributed by atoms with van der Waals surface area (Å²) in [7, 11) is 0. The molecule has 1 amide bonds. The van der Waals surface area contributed by atoms with Gasteiger partial charge in [-0.1, -0.05) is 26.2 Å². The lowest BCUT2D eigenvalue weighted by Crippen LogP contribution is -2.12. The van der Waals surface area contributed by atoms with E-state index in [0.29, 0.717) is 12.2 Å². The minimum absolute atomic E-state index is 0.0600. The van der Waals surface area contributed by atoms with Gasteiger partial charge in [0.15, 0.2) is 0 Å². The van der Waals surface area contributed by atoms with Crippen molar-refractivity contribution in [3.63, 3.8) is 0 Å². The van der Waals surface area contributed by atoms with Crippen LogP contribution in [0.5, 0.6) is 0 Å². The van der Waals surface area contributed by atoms with E-state index >= 15 is 0 Å². The molecule has 0 saturated carbocycles. The Kier molecular flexibility index (Phi) is 6.37. The number of hydrogen-bond acceptors (Lipinski definition) is 2. The summed E-state index contributed by atoms with van der Waals surface area (Å²) in [4.78, 5) is 15.6. The summed E-state index contributed by atoms with van der Waals surface area (Å²) in [5.74, 6) is 0.700. The van der Waals surface area contributed by atoms with E-state index in [9.17, 15) is 4.79 Å². The largest absolute Gasteiger partial charge is 0.311 e. The molecule has 0 saturated heterocycles. The van der Waals surface area contributed by atoms with E-state index in [1.807, 2.05) is 12.1 Å². The van der Waals surface area contributed by atoms with Crippen LogP contribution in [-0.2, 0) is 4.79 Å². The lowest BCUT2D eigenvalue weighted by Gasteiger charge is -2.03. The molecule has 0 radical (unpaired) electrons. The van der Waals surface area contributed by atoms with Gasteiger partial charge in [-0.05, 0) is 41.1 Å². The quantitative estimate of drug-likeness (QED) is 0.639. The van der Waals surface area contributed by atoms with Gasteiger partial charge >= 0.3 is 0 Å². The molecule has 0 aromatic carbocycles. The molecular formula is C12H17IN2O. The third kappa shape index (κ3) is 5.44. The average molecular weight is 332 g/mol. The SMILES string of the molecule is CCCCCCC(=O)Nc1ccc(I)cn1. The Balaban J connectivity index is 2.26. The van der Waals surface area contributed by atoms with E-state index in [0.717, 1.165) is 16.4 Å². The van der Waals surface area contributed by atoms with Crippen LogP contribution in [0.2, 0.25) is 0 Å². The fraction of sp³-hybridized carbons (Fsp3) is 0.500. The second-order valence-electron chi connectivity index (χ2n) is 3.72. The first-order valence-electron chi connectivity index (χ1n) is 5.63. The first-order valence-corrected chi connectivity index (χ1v) is 6.71. The minimum Gasteiger partial charge on any atom is -0.311 e. The number of pyridine rings is 1. The van der Waals surface area contributed by atoms with Gasteiger partial charge in [0, 0.05) is 16.2 Å². The number of anilines is 1. The first-order chi connectivity index (χ1) is 7.72. The molecule has 88 valence electrons. The third-order valence-corrected chi connectivity index (χ3v) is 2.89. The van der Waals surface area contributed by atoms with E-state index in [4.69, 9.17) is 0 Å². The van der Waals surface area contributed by atoms with Crippen LogP contribution in [0.1, 0.15) is 39.0 Å². The highest BCUT2D eigenvalue weighted by Gasteiger charge is 2.02. The molecule has 4 heteroatoms. The Hall–Kier alpha value is -0.650. The topological polar surface area (TPSA) is 42.0 Å².